The molecule has 0 aliphatic carbocycles. The van der Waals surface area contributed by atoms with Gasteiger partial charge in [0.2, 0.25) is 0 Å². The molecule has 2 aromatic carbocycles. The van der Waals surface area contributed by atoms with Crippen molar-refractivity contribution in [2.24, 2.45) is 0 Å². The number of pyridine rings is 1. The smallest absolute Gasteiger partial charge is 0.157 e. The molecular weight excluding hydrogens is 362 g/mol. The maximum Gasteiger partial charge on any atom is 0.157 e. The van der Waals surface area contributed by atoms with Gasteiger partial charge < -0.3 is 4.74 Å². The van der Waals surface area contributed by atoms with Crippen LogP contribution in [-0.2, 0) is 6.61 Å². The van der Waals surface area contributed by atoms with Crippen LogP contribution in [0, 0.1) is 0 Å². The van der Waals surface area contributed by atoms with Gasteiger partial charge in [-0.2, -0.15) is 5.10 Å². The summed E-state index contributed by atoms with van der Waals surface area (Å²) in [6, 6.07) is 23.8. The average molecular weight is 379 g/mol. The SMILES string of the molecule is c1ccc2nc(COc3ccc(-c4ccnn4-c4ccncn4)cc3)ccc2c1. The second-order valence-electron chi connectivity index (χ2n) is 6.50. The molecule has 0 fully saturated rings. The molecule has 0 amide bonds. The summed E-state index contributed by atoms with van der Waals surface area (Å²) >= 11 is 0. The maximum atomic E-state index is 5.92. The summed E-state index contributed by atoms with van der Waals surface area (Å²) in [6.45, 7) is 0.420. The van der Waals surface area contributed by atoms with E-state index in [0.29, 0.717) is 6.61 Å². The minimum absolute atomic E-state index is 0.420. The molecule has 3 aromatic heterocycles. The topological polar surface area (TPSA) is 65.7 Å². The van der Waals surface area contributed by atoms with Gasteiger partial charge in [-0.05, 0) is 42.5 Å². The molecule has 6 heteroatoms. The van der Waals surface area contributed by atoms with E-state index in [9.17, 15) is 0 Å². The molecule has 3 heterocycles. The van der Waals surface area contributed by atoms with Gasteiger partial charge in [0.15, 0.2) is 5.82 Å². The minimum atomic E-state index is 0.420. The number of aromatic nitrogens is 5. The largest absolute Gasteiger partial charge is 0.487 e. The number of hydrogen-bond donors (Lipinski definition) is 0. The Morgan fingerprint density at radius 1 is 0.828 bits per heavy atom. The van der Waals surface area contributed by atoms with E-state index < -0.39 is 0 Å². The van der Waals surface area contributed by atoms with Crippen molar-refractivity contribution in [1.29, 1.82) is 0 Å². The molecule has 0 aliphatic heterocycles. The van der Waals surface area contributed by atoms with Gasteiger partial charge in [-0.1, -0.05) is 24.3 Å². The Kier molecular flexibility index (Phi) is 4.42. The second kappa shape index (κ2) is 7.52. The normalized spacial score (nSPS) is 10.9. The van der Waals surface area contributed by atoms with E-state index in [1.165, 1.54) is 6.33 Å². The van der Waals surface area contributed by atoms with E-state index >= 15 is 0 Å². The van der Waals surface area contributed by atoms with Crippen LogP contribution in [0.5, 0.6) is 5.75 Å². The lowest BCUT2D eigenvalue weighted by atomic mass is 10.1. The predicted octanol–water partition coefficient (Wildman–Crippen LogP) is 4.46. The van der Waals surface area contributed by atoms with Crippen LogP contribution in [0.25, 0.3) is 28.0 Å². The van der Waals surface area contributed by atoms with Crippen molar-refractivity contribution in [2.75, 3.05) is 0 Å². The summed E-state index contributed by atoms with van der Waals surface area (Å²) in [5, 5.41) is 5.50. The Morgan fingerprint density at radius 2 is 1.72 bits per heavy atom. The van der Waals surface area contributed by atoms with E-state index in [1.54, 1.807) is 17.1 Å². The third-order valence-electron chi connectivity index (χ3n) is 4.62. The number of benzene rings is 2. The highest BCUT2D eigenvalue weighted by Gasteiger charge is 2.08. The molecule has 0 atom stereocenters. The van der Waals surface area contributed by atoms with E-state index in [0.717, 1.165) is 39.4 Å². The fourth-order valence-corrected chi connectivity index (χ4v) is 3.18. The van der Waals surface area contributed by atoms with Gasteiger partial charge in [-0.3, -0.25) is 0 Å². The van der Waals surface area contributed by atoms with Crippen molar-refractivity contribution in [3.05, 3.63) is 97.2 Å². The third-order valence-corrected chi connectivity index (χ3v) is 4.62. The maximum absolute atomic E-state index is 5.92. The highest BCUT2D eigenvalue weighted by Crippen LogP contribution is 2.24. The Labute approximate surface area is 167 Å². The zero-order valence-electron chi connectivity index (χ0n) is 15.5. The van der Waals surface area contributed by atoms with Crippen LogP contribution in [0.1, 0.15) is 5.69 Å². The summed E-state index contributed by atoms with van der Waals surface area (Å²) in [5.74, 6) is 1.51. The zero-order chi connectivity index (χ0) is 19.5. The Morgan fingerprint density at radius 3 is 2.59 bits per heavy atom. The predicted molar refractivity (Wildman–Crippen MR) is 111 cm³/mol. The van der Waals surface area contributed by atoms with Crippen molar-refractivity contribution in [3.63, 3.8) is 0 Å². The number of hydrogen-bond acceptors (Lipinski definition) is 5. The van der Waals surface area contributed by atoms with Crippen molar-refractivity contribution >= 4 is 10.9 Å². The van der Waals surface area contributed by atoms with Gasteiger partial charge in [0.25, 0.3) is 0 Å². The van der Waals surface area contributed by atoms with E-state index in [1.807, 2.05) is 60.7 Å². The van der Waals surface area contributed by atoms with Crippen LogP contribution in [0.15, 0.2) is 91.5 Å². The molecule has 5 rings (SSSR count). The number of para-hydroxylation sites is 1. The molecule has 0 N–H and O–H groups in total. The fraction of sp³-hybridized carbons (Fsp3) is 0.0435. The minimum Gasteiger partial charge on any atom is -0.487 e. The first-order valence-electron chi connectivity index (χ1n) is 9.25. The summed E-state index contributed by atoms with van der Waals surface area (Å²) in [4.78, 5) is 12.9. The van der Waals surface area contributed by atoms with E-state index in [2.05, 4.69) is 32.2 Å². The van der Waals surface area contributed by atoms with E-state index in [-0.39, 0.29) is 0 Å². The van der Waals surface area contributed by atoms with Gasteiger partial charge in [-0.25, -0.2) is 19.6 Å². The number of nitrogens with zero attached hydrogens (tertiary/aromatic N) is 5. The van der Waals surface area contributed by atoms with Crippen molar-refractivity contribution in [2.45, 2.75) is 6.61 Å². The molecular formula is C23H17N5O. The highest BCUT2D eigenvalue weighted by molar-refractivity contribution is 5.78. The molecule has 0 aliphatic rings. The first kappa shape index (κ1) is 17.1. The monoisotopic (exact) mass is 379 g/mol. The zero-order valence-corrected chi connectivity index (χ0v) is 15.5. The van der Waals surface area contributed by atoms with Crippen LogP contribution in [-0.4, -0.2) is 24.7 Å². The summed E-state index contributed by atoms with van der Waals surface area (Å²) in [7, 11) is 0. The summed E-state index contributed by atoms with van der Waals surface area (Å²) in [5.41, 5.74) is 3.85. The first-order valence-corrected chi connectivity index (χ1v) is 9.25. The Bertz CT molecular complexity index is 1250. The van der Waals surface area contributed by atoms with Gasteiger partial charge >= 0.3 is 0 Å². The lowest BCUT2D eigenvalue weighted by Crippen LogP contribution is -2.01. The van der Waals surface area contributed by atoms with Crippen molar-refractivity contribution < 1.29 is 4.74 Å². The van der Waals surface area contributed by atoms with Crippen LogP contribution >= 0.6 is 0 Å². The molecule has 6 nitrogen and oxygen atoms in total. The number of rotatable bonds is 5. The van der Waals surface area contributed by atoms with Gasteiger partial charge in [0, 0.05) is 23.2 Å². The molecule has 29 heavy (non-hydrogen) atoms. The molecule has 0 bridgehead atoms. The number of ether oxygens (including phenoxy) is 1. The van der Waals surface area contributed by atoms with Crippen molar-refractivity contribution in [3.8, 4) is 22.8 Å². The second-order valence-corrected chi connectivity index (χ2v) is 6.50. The molecule has 140 valence electrons. The lowest BCUT2D eigenvalue weighted by molar-refractivity contribution is 0.302. The fourth-order valence-electron chi connectivity index (χ4n) is 3.18. The van der Waals surface area contributed by atoms with Gasteiger partial charge in [-0.15, -0.1) is 0 Å². The quantitative estimate of drug-likeness (QED) is 0.451. The Balaban J connectivity index is 1.32. The number of fused-ring (bicyclic) bond motifs is 1. The van der Waals surface area contributed by atoms with Crippen LogP contribution in [0.2, 0.25) is 0 Å². The van der Waals surface area contributed by atoms with Crippen molar-refractivity contribution in [1.82, 2.24) is 24.7 Å². The molecule has 0 spiro atoms. The van der Waals surface area contributed by atoms with Crippen LogP contribution in [0.4, 0.5) is 0 Å². The van der Waals surface area contributed by atoms with E-state index in [4.69, 9.17) is 4.74 Å². The standard InChI is InChI=1S/C23H17N5O/c1-2-4-21-17(3-1)5-8-19(27-21)15-29-20-9-6-18(7-10-20)22-11-14-26-28(22)23-12-13-24-16-25-23/h1-14,16H,15H2. The molecule has 0 unspecified atom stereocenters. The van der Waals surface area contributed by atoms with Crippen LogP contribution in [0.3, 0.4) is 0 Å². The summed E-state index contributed by atoms with van der Waals surface area (Å²) in [6.07, 6.45) is 4.97. The summed E-state index contributed by atoms with van der Waals surface area (Å²) < 4.78 is 7.71. The highest BCUT2D eigenvalue weighted by atomic mass is 16.5. The van der Waals surface area contributed by atoms with Gasteiger partial charge in [0.1, 0.15) is 18.7 Å². The van der Waals surface area contributed by atoms with Crippen LogP contribution < -0.4 is 4.74 Å². The first-order chi connectivity index (χ1) is 14.4. The molecule has 0 radical (unpaired) electrons. The molecule has 5 aromatic rings. The Hall–Kier alpha value is -4.06. The average Bonchev–Trinajstić information content (AvgIpc) is 3.28. The molecule has 0 saturated carbocycles. The lowest BCUT2D eigenvalue weighted by Gasteiger charge is -2.09. The third kappa shape index (κ3) is 3.55. The van der Waals surface area contributed by atoms with Gasteiger partial charge in [0.05, 0.1) is 23.1 Å². The molecule has 0 saturated heterocycles.